The van der Waals surface area contributed by atoms with Crippen LogP contribution in [0, 0.1) is 12.7 Å². The number of phenolic OH excluding ortho intramolecular Hbond substituents is 1. The van der Waals surface area contributed by atoms with E-state index >= 15 is 0 Å². The largest absolute Gasteiger partial charge is 0.506 e. The third-order valence-corrected chi connectivity index (χ3v) is 7.93. The Morgan fingerprint density at radius 1 is 0.756 bits per heavy atom. The van der Waals surface area contributed by atoms with Gasteiger partial charge in [-0.2, -0.15) is 0 Å². The van der Waals surface area contributed by atoms with Gasteiger partial charge in [-0.05, 0) is 69.6 Å². The molecule has 0 saturated carbocycles. The van der Waals surface area contributed by atoms with Crippen LogP contribution >= 0.6 is 0 Å². The Hall–Kier alpha value is -3.40. The molecular weight excluding hydrogens is 731 g/mol. The molecule has 1 aliphatic heterocycles. The molecule has 0 saturated heterocycles. The molecule has 3 aromatic carbocycles. The number of anilines is 2. The minimum Gasteiger partial charge on any atom is -0.506 e. The van der Waals surface area contributed by atoms with Crippen LogP contribution in [0.3, 0.4) is 0 Å². The maximum atomic E-state index is 11.3. The summed E-state index contributed by atoms with van der Waals surface area (Å²) in [5, 5.41) is 11.3. The first kappa shape index (κ1) is 36.1. The normalized spacial score (nSPS) is 13.2. The molecule has 0 atom stereocenters. The number of hydrogen-bond donors (Lipinski definition) is 1. The molecule has 4 aromatic rings. The van der Waals surface area contributed by atoms with E-state index in [1.807, 2.05) is 42.5 Å². The summed E-state index contributed by atoms with van der Waals surface area (Å²) in [6.45, 7) is 24.2. The second kappa shape index (κ2) is 14.8. The Morgan fingerprint density at radius 2 is 1.38 bits per heavy atom. The summed E-state index contributed by atoms with van der Waals surface area (Å²) in [6.07, 6.45) is 5.94. The van der Waals surface area contributed by atoms with E-state index in [2.05, 4.69) is 139 Å². The first-order valence-electron chi connectivity index (χ1n) is 15.7. The van der Waals surface area contributed by atoms with Gasteiger partial charge in [-0.1, -0.05) is 106 Å². The first-order chi connectivity index (χ1) is 20.7. The van der Waals surface area contributed by atoms with Crippen LogP contribution in [0.5, 0.6) is 5.75 Å². The number of aromatic nitrogens is 1. The molecule has 0 aliphatic carbocycles. The van der Waals surface area contributed by atoms with E-state index < -0.39 is 0 Å². The molecule has 5 heteroatoms. The molecule has 1 N–H and O–H groups in total. The van der Waals surface area contributed by atoms with Gasteiger partial charge >= 0.3 is 0 Å². The first-order valence-corrected chi connectivity index (χ1v) is 15.7. The quantitative estimate of drug-likeness (QED) is 0.205. The van der Waals surface area contributed by atoms with E-state index in [0.29, 0.717) is 17.6 Å². The summed E-state index contributed by atoms with van der Waals surface area (Å²) in [6, 6.07) is 27.7. The Morgan fingerprint density at radius 3 is 1.89 bits per heavy atom. The molecule has 241 valence electrons. The van der Waals surface area contributed by atoms with Crippen LogP contribution < -0.4 is 9.80 Å². The number of aromatic hydroxyl groups is 1. The van der Waals surface area contributed by atoms with Gasteiger partial charge < -0.3 is 19.9 Å². The van der Waals surface area contributed by atoms with Crippen LogP contribution in [-0.2, 0) is 30.9 Å². The van der Waals surface area contributed by atoms with E-state index in [9.17, 15) is 5.11 Å². The van der Waals surface area contributed by atoms with Crippen molar-refractivity contribution in [3.05, 3.63) is 126 Å². The SMILES string of the molecule is CC(C)c1cccc(C(C)C)c1N1C=CN(c2cc(C(C)(C)C)cc(C(C)(C)C)c2O)[CH-]1.[Ir].[c-]1ccccc1-c1ccccn1. The topological polar surface area (TPSA) is 39.6 Å². The number of benzene rings is 3. The standard InChI is InChI=1S/C29H41N2O.C11H8N.Ir/c1-19(2)22-12-11-13-23(20(3)4)26(22)31-15-14-30(18-31)25-17-21(28(5,6)7)16-24(27(25)32)29(8,9)10;1-2-6-10(7-3-1)11-8-4-5-9-12-11;/h11-20,32H,1-10H3;1-6,8-9H;/q2*-1;. The van der Waals surface area contributed by atoms with Crippen molar-refractivity contribution in [1.82, 2.24) is 4.98 Å². The third-order valence-electron chi connectivity index (χ3n) is 7.93. The maximum absolute atomic E-state index is 11.3. The third kappa shape index (κ3) is 8.66. The molecule has 0 amide bonds. The van der Waals surface area contributed by atoms with Gasteiger partial charge in [-0.15, -0.1) is 42.6 Å². The number of rotatable bonds is 5. The molecule has 0 bridgehead atoms. The number of nitrogens with zero attached hydrogens (tertiary/aromatic N) is 3. The van der Waals surface area contributed by atoms with Gasteiger partial charge in [-0.3, -0.25) is 0 Å². The number of para-hydroxylation sites is 1. The number of phenols is 1. The minimum absolute atomic E-state index is 0. The van der Waals surface area contributed by atoms with Gasteiger partial charge in [0.15, 0.2) is 0 Å². The van der Waals surface area contributed by atoms with Gasteiger partial charge in [0.2, 0.25) is 0 Å². The van der Waals surface area contributed by atoms with Crippen LogP contribution in [0.4, 0.5) is 11.4 Å². The number of hydrogen-bond acceptors (Lipinski definition) is 4. The average molecular weight is 780 g/mol. The molecule has 1 aliphatic rings. The Bertz CT molecular complexity index is 1500. The van der Waals surface area contributed by atoms with Crippen LogP contribution in [0.2, 0.25) is 0 Å². The van der Waals surface area contributed by atoms with E-state index in [-0.39, 0.29) is 30.9 Å². The van der Waals surface area contributed by atoms with E-state index in [1.54, 1.807) is 6.20 Å². The monoisotopic (exact) mass is 780 g/mol. The molecule has 5 rings (SSSR count). The Kier molecular flexibility index (Phi) is 11.9. The van der Waals surface area contributed by atoms with Gasteiger partial charge in [-0.25, -0.2) is 0 Å². The molecule has 0 spiro atoms. The van der Waals surface area contributed by atoms with Crippen molar-refractivity contribution < 1.29 is 25.2 Å². The van der Waals surface area contributed by atoms with Crippen LogP contribution in [-0.4, -0.2) is 10.1 Å². The molecule has 1 radical (unpaired) electrons. The van der Waals surface area contributed by atoms with Gasteiger partial charge in [0.25, 0.3) is 0 Å². The summed E-state index contributed by atoms with van der Waals surface area (Å²) in [5.74, 6) is 1.20. The second-order valence-electron chi connectivity index (χ2n) is 14.2. The van der Waals surface area contributed by atoms with Crippen molar-refractivity contribution in [2.24, 2.45) is 0 Å². The summed E-state index contributed by atoms with van der Waals surface area (Å²) >= 11 is 0. The predicted molar refractivity (Wildman–Crippen MR) is 187 cm³/mol. The van der Waals surface area contributed by atoms with Crippen molar-refractivity contribution >= 4 is 11.4 Å². The summed E-state index contributed by atoms with van der Waals surface area (Å²) in [4.78, 5) is 8.49. The van der Waals surface area contributed by atoms with Crippen molar-refractivity contribution in [3.8, 4) is 17.0 Å². The maximum Gasteiger partial charge on any atom is 0.140 e. The van der Waals surface area contributed by atoms with E-state index in [0.717, 1.165) is 22.5 Å². The average Bonchev–Trinajstić information content (AvgIpc) is 3.46. The zero-order chi connectivity index (χ0) is 32.2. The summed E-state index contributed by atoms with van der Waals surface area (Å²) < 4.78 is 0. The molecule has 4 nitrogen and oxygen atoms in total. The fraction of sp³-hybridized carbons (Fsp3) is 0.350. The Labute approximate surface area is 285 Å². The second-order valence-corrected chi connectivity index (χ2v) is 14.2. The van der Waals surface area contributed by atoms with Crippen molar-refractivity contribution in [1.29, 1.82) is 0 Å². The van der Waals surface area contributed by atoms with Crippen molar-refractivity contribution in [2.75, 3.05) is 9.80 Å². The van der Waals surface area contributed by atoms with Gasteiger partial charge in [0.05, 0.1) is 5.69 Å². The molecule has 2 heterocycles. The van der Waals surface area contributed by atoms with Gasteiger partial charge in [0.1, 0.15) is 5.75 Å². The predicted octanol–water partition coefficient (Wildman–Crippen LogP) is 10.7. The van der Waals surface area contributed by atoms with Crippen molar-refractivity contribution in [2.45, 2.75) is 91.9 Å². The summed E-state index contributed by atoms with van der Waals surface area (Å²) in [7, 11) is 0. The Balaban J connectivity index is 0.000000354. The minimum atomic E-state index is -0.154. The smallest absolute Gasteiger partial charge is 0.140 e. The fourth-order valence-electron chi connectivity index (χ4n) is 5.33. The molecule has 45 heavy (non-hydrogen) atoms. The van der Waals surface area contributed by atoms with E-state index in [4.69, 9.17) is 0 Å². The van der Waals surface area contributed by atoms with E-state index in [1.165, 1.54) is 22.4 Å². The fourth-order valence-corrected chi connectivity index (χ4v) is 5.33. The molecule has 1 aromatic heterocycles. The molecule has 0 fully saturated rings. The van der Waals surface area contributed by atoms with Crippen molar-refractivity contribution in [3.63, 3.8) is 0 Å². The zero-order valence-corrected chi connectivity index (χ0v) is 30.9. The van der Waals surface area contributed by atoms with Gasteiger partial charge in [0, 0.05) is 37.6 Å². The zero-order valence-electron chi connectivity index (χ0n) is 28.5. The van der Waals surface area contributed by atoms with Crippen LogP contribution in [0.1, 0.15) is 103 Å². The molecule has 0 unspecified atom stereocenters. The molecular formula is C40H49IrN3O-2. The summed E-state index contributed by atoms with van der Waals surface area (Å²) in [5.41, 5.74) is 8.79. The van der Waals surface area contributed by atoms with Crippen LogP contribution in [0.15, 0.2) is 91.4 Å². The number of pyridine rings is 1. The van der Waals surface area contributed by atoms with Crippen LogP contribution in [0.25, 0.3) is 11.3 Å².